The van der Waals surface area contributed by atoms with E-state index in [4.69, 9.17) is 14.2 Å². The van der Waals surface area contributed by atoms with Gasteiger partial charge in [-0.25, -0.2) is 9.59 Å². The lowest BCUT2D eigenvalue weighted by Gasteiger charge is -2.58. The quantitative estimate of drug-likeness (QED) is 0.369. The van der Waals surface area contributed by atoms with Crippen molar-refractivity contribution in [1.29, 1.82) is 0 Å². The number of β-lactam (4-membered cyclic amide) rings is 1. The summed E-state index contributed by atoms with van der Waals surface area (Å²) in [7, 11) is 0. The molecule has 0 radical (unpaired) electrons. The zero-order chi connectivity index (χ0) is 27.5. The molecule has 8 nitrogen and oxygen atoms in total. The number of likely N-dealkylation sites (tertiary alicyclic amines) is 2. The SMILES string of the molecule is CC(OCc1ccccc1)C(C(=O)OCc1ccccc1)N1C(=O)C2(CCCN2C(=O)OC(C)(C)C)C1C. The van der Waals surface area contributed by atoms with Crippen LogP contribution < -0.4 is 0 Å². The number of hydrogen-bond acceptors (Lipinski definition) is 6. The van der Waals surface area contributed by atoms with E-state index in [9.17, 15) is 14.4 Å². The first-order valence-corrected chi connectivity index (χ1v) is 13.2. The van der Waals surface area contributed by atoms with Crippen molar-refractivity contribution in [1.82, 2.24) is 9.80 Å². The summed E-state index contributed by atoms with van der Waals surface area (Å²) in [6.07, 6.45) is 0.0603. The lowest BCUT2D eigenvalue weighted by atomic mass is 9.75. The van der Waals surface area contributed by atoms with E-state index in [-0.39, 0.29) is 19.1 Å². The molecule has 1 spiro atoms. The van der Waals surface area contributed by atoms with Gasteiger partial charge in [0.15, 0.2) is 6.04 Å². The standard InChI is InChI=1S/C30H38N2O6/c1-21(36-19-23-13-8-6-9-14-23)25(26(33)37-20-24-15-10-7-11-16-24)32-22(2)30(27(32)34)17-12-18-31(30)28(35)38-29(3,4)5/h6-11,13-16,21-22,25H,12,17-20H2,1-5H3. The molecule has 4 atom stereocenters. The molecule has 2 saturated heterocycles. The molecule has 4 unspecified atom stereocenters. The molecule has 2 amide bonds. The Morgan fingerprint density at radius 3 is 2.13 bits per heavy atom. The van der Waals surface area contributed by atoms with Gasteiger partial charge in [0, 0.05) is 6.54 Å². The molecule has 0 aromatic heterocycles. The van der Waals surface area contributed by atoms with E-state index in [0.29, 0.717) is 19.4 Å². The maximum absolute atomic E-state index is 13.9. The molecule has 0 saturated carbocycles. The van der Waals surface area contributed by atoms with Gasteiger partial charge in [0.25, 0.3) is 5.91 Å². The Bertz CT molecular complexity index is 1130. The number of benzene rings is 2. The summed E-state index contributed by atoms with van der Waals surface area (Å²) in [4.78, 5) is 43.5. The minimum atomic E-state index is -1.03. The van der Waals surface area contributed by atoms with Gasteiger partial charge >= 0.3 is 12.1 Å². The molecular weight excluding hydrogens is 484 g/mol. The van der Waals surface area contributed by atoms with Crippen LogP contribution in [-0.4, -0.2) is 63.6 Å². The lowest BCUT2D eigenvalue weighted by Crippen LogP contribution is -2.81. The maximum atomic E-state index is 13.9. The molecule has 2 heterocycles. The number of nitrogens with zero attached hydrogens (tertiary/aromatic N) is 2. The van der Waals surface area contributed by atoms with Crippen molar-refractivity contribution >= 4 is 18.0 Å². The van der Waals surface area contributed by atoms with E-state index in [1.807, 2.05) is 67.6 Å². The van der Waals surface area contributed by atoms with Crippen LogP contribution in [0.3, 0.4) is 0 Å². The lowest BCUT2D eigenvalue weighted by molar-refractivity contribution is -0.192. The van der Waals surface area contributed by atoms with Crippen molar-refractivity contribution in [3.05, 3.63) is 71.8 Å². The largest absolute Gasteiger partial charge is 0.459 e. The number of hydrogen-bond donors (Lipinski definition) is 0. The first-order chi connectivity index (χ1) is 18.0. The van der Waals surface area contributed by atoms with Crippen molar-refractivity contribution in [2.45, 2.75) is 90.0 Å². The van der Waals surface area contributed by atoms with Gasteiger partial charge < -0.3 is 19.1 Å². The molecule has 2 aromatic rings. The molecule has 2 aliphatic heterocycles. The smallest absolute Gasteiger partial charge is 0.411 e. The van der Waals surface area contributed by atoms with Gasteiger partial charge in [0.2, 0.25) is 0 Å². The number of esters is 1. The van der Waals surface area contributed by atoms with Gasteiger partial charge in [-0.1, -0.05) is 60.7 Å². The van der Waals surface area contributed by atoms with Crippen molar-refractivity contribution in [2.75, 3.05) is 6.54 Å². The molecule has 204 valence electrons. The summed E-state index contributed by atoms with van der Waals surface area (Å²) in [5.41, 5.74) is 0.102. The number of carbonyl (C=O) groups excluding carboxylic acids is 3. The summed E-state index contributed by atoms with van der Waals surface area (Å²) < 4.78 is 17.4. The first-order valence-electron chi connectivity index (χ1n) is 13.2. The van der Waals surface area contributed by atoms with Gasteiger partial charge in [0.05, 0.1) is 18.8 Å². The van der Waals surface area contributed by atoms with Crippen molar-refractivity contribution < 1.29 is 28.6 Å². The zero-order valence-corrected chi connectivity index (χ0v) is 22.9. The Morgan fingerprint density at radius 2 is 1.58 bits per heavy atom. The Balaban J connectivity index is 1.54. The zero-order valence-electron chi connectivity index (χ0n) is 22.9. The Morgan fingerprint density at radius 1 is 1.00 bits per heavy atom. The molecule has 0 N–H and O–H groups in total. The molecule has 0 aliphatic carbocycles. The number of ether oxygens (including phenoxy) is 3. The van der Waals surface area contributed by atoms with Crippen molar-refractivity contribution in [3.63, 3.8) is 0 Å². The normalized spacial score (nSPS) is 22.7. The van der Waals surface area contributed by atoms with Crippen LogP contribution in [0.25, 0.3) is 0 Å². The van der Waals surface area contributed by atoms with Crippen LogP contribution in [0.15, 0.2) is 60.7 Å². The fourth-order valence-corrected chi connectivity index (χ4v) is 5.42. The third-order valence-corrected chi connectivity index (χ3v) is 7.31. The summed E-state index contributed by atoms with van der Waals surface area (Å²) >= 11 is 0. The van der Waals surface area contributed by atoms with Crippen LogP contribution in [-0.2, 0) is 37.0 Å². The minimum Gasteiger partial charge on any atom is -0.459 e. The topological polar surface area (TPSA) is 85.4 Å². The molecular formula is C30H38N2O6. The highest BCUT2D eigenvalue weighted by molar-refractivity contribution is 6.00. The highest BCUT2D eigenvalue weighted by atomic mass is 16.6. The summed E-state index contributed by atoms with van der Waals surface area (Å²) in [6, 6.07) is 17.7. The van der Waals surface area contributed by atoms with Gasteiger partial charge in [0.1, 0.15) is 17.7 Å². The minimum absolute atomic E-state index is 0.0904. The van der Waals surface area contributed by atoms with Crippen LogP contribution >= 0.6 is 0 Å². The number of amides is 2. The Hall–Kier alpha value is -3.39. The molecule has 0 bridgehead atoms. The molecule has 38 heavy (non-hydrogen) atoms. The summed E-state index contributed by atoms with van der Waals surface area (Å²) in [6.45, 7) is 9.88. The Kier molecular flexibility index (Phi) is 8.11. The van der Waals surface area contributed by atoms with E-state index in [1.54, 1.807) is 32.6 Å². The molecule has 8 heteroatoms. The number of rotatable bonds is 8. The van der Waals surface area contributed by atoms with Gasteiger partial charge in [-0.05, 0) is 58.6 Å². The second kappa shape index (κ2) is 11.2. The van der Waals surface area contributed by atoms with Gasteiger partial charge in [-0.2, -0.15) is 0 Å². The number of carbonyl (C=O) groups is 3. The Labute approximate surface area is 224 Å². The van der Waals surface area contributed by atoms with Gasteiger partial charge in [-0.15, -0.1) is 0 Å². The molecule has 2 aromatic carbocycles. The van der Waals surface area contributed by atoms with E-state index < -0.39 is 41.4 Å². The predicted molar refractivity (Wildman–Crippen MR) is 142 cm³/mol. The molecule has 2 aliphatic rings. The molecule has 4 rings (SSSR count). The summed E-state index contributed by atoms with van der Waals surface area (Å²) in [5, 5.41) is 0. The van der Waals surface area contributed by atoms with Crippen LogP contribution in [0.5, 0.6) is 0 Å². The van der Waals surface area contributed by atoms with E-state index in [1.165, 1.54) is 4.90 Å². The second-order valence-electron chi connectivity index (χ2n) is 11.1. The summed E-state index contributed by atoms with van der Waals surface area (Å²) in [5.74, 6) is -0.809. The van der Waals surface area contributed by atoms with E-state index in [2.05, 4.69) is 0 Å². The average Bonchev–Trinajstić information content (AvgIpc) is 3.37. The van der Waals surface area contributed by atoms with E-state index in [0.717, 1.165) is 11.1 Å². The highest BCUT2D eigenvalue weighted by Gasteiger charge is 2.68. The fraction of sp³-hybridized carbons (Fsp3) is 0.500. The van der Waals surface area contributed by atoms with Crippen LogP contribution in [0.2, 0.25) is 0 Å². The van der Waals surface area contributed by atoms with Crippen LogP contribution in [0, 0.1) is 0 Å². The monoisotopic (exact) mass is 522 g/mol. The van der Waals surface area contributed by atoms with Crippen LogP contribution in [0.4, 0.5) is 4.79 Å². The third-order valence-electron chi connectivity index (χ3n) is 7.31. The van der Waals surface area contributed by atoms with Crippen molar-refractivity contribution in [3.8, 4) is 0 Å². The first kappa shape index (κ1) is 27.6. The second-order valence-corrected chi connectivity index (χ2v) is 11.1. The maximum Gasteiger partial charge on any atom is 0.411 e. The van der Waals surface area contributed by atoms with Crippen LogP contribution in [0.1, 0.15) is 58.6 Å². The third kappa shape index (κ3) is 5.55. The van der Waals surface area contributed by atoms with Gasteiger partial charge in [-0.3, -0.25) is 9.69 Å². The van der Waals surface area contributed by atoms with E-state index >= 15 is 0 Å². The highest BCUT2D eigenvalue weighted by Crippen LogP contribution is 2.46. The van der Waals surface area contributed by atoms with Crippen molar-refractivity contribution in [2.24, 2.45) is 0 Å². The average molecular weight is 523 g/mol. The molecule has 2 fully saturated rings. The fourth-order valence-electron chi connectivity index (χ4n) is 5.42. The predicted octanol–water partition coefficient (Wildman–Crippen LogP) is 4.70.